The molecule has 0 aliphatic heterocycles. The summed E-state index contributed by atoms with van der Waals surface area (Å²) in [4.78, 5) is 4.73. The minimum atomic E-state index is 1.05. The summed E-state index contributed by atoms with van der Waals surface area (Å²) in [7, 11) is 0. The highest BCUT2D eigenvalue weighted by atomic mass is 14.9. The fraction of sp³-hybridized carbons (Fsp3) is 0. The fourth-order valence-corrected chi connectivity index (χ4v) is 4.13. The summed E-state index contributed by atoms with van der Waals surface area (Å²) in [6, 6.07) is 28.1. The first-order valence-corrected chi connectivity index (χ1v) is 8.50. The zero-order valence-corrected chi connectivity index (χ0v) is 13.5. The maximum absolute atomic E-state index is 4.73. The van der Waals surface area contributed by atoms with Gasteiger partial charge in [-0.2, -0.15) is 0 Å². The summed E-state index contributed by atoms with van der Waals surface area (Å²) >= 11 is 0. The minimum Gasteiger partial charge on any atom is -0.307 e. The van der Waals surface area contributed by atoms with Gasteiger partial charge in [0.2, 0.25) is 0 Å². The lowest BCUT2D eigenvalue weighted by molar-refractivity contribution is 1.31. The van der Waals surface area contributed by atoms with Crippen LogP contribution >= 0.6 is 0 Å². The molecule has 2 heteroatoms. The van der Waals surface area contributed by atoms with Crippen LogP contribution in [0.3, 0.4) is 0 Å². The van der Waals surface area contributed by atoms with Crippen molar-refractivity contribution in [2.24, 2.45) is 0 Å². The quantitative estimate of drug-likeness (QED) is 0.316. The Bertz CT molecular complexity index is 1440. The minimum absolute atomic E-state index is 1.05. The van der Waals surface area contributed by atoms with Crippen LogP contribution in [0.1, 0.15) is 0 Å². The molecule has 116 valence electrons. The number of aromatic nitrogens is 2. The predicted octanol–water partition coefficient (Wildman–Crippen LogP) is 5.95. The molecule has 0 radical (unpaired) electrons. The van der Waals surface area contributed by atoms with Crippen molar-refractivity contribution in [2.75, 3.05) is 0 Å². The number of benzene rings is 3. The van der Waals surface area contributed by atoms with Crippen molar-refractivity contribution in [2.45, 2.75) is 0 Å². The van der Waals surface area contributed by atoms with E-state index in [1.807, 2.05) is 12.3 Å². The van der Waals surface area contributed by atoms with Gasteiger partial charge in [-0.25, -0.2) is 0 Å². The molecule has 0 N–H and O–H groups in total. The van der Waals surface area contributed by atoms with Gasteiger partial charge in [-0.05, 0) is 35.0 Å². The zero-order valence-electron chi connectivity index (χ0n) is 13.5. The van der Waals surface area contributed by atoms with Crippen LogP contribution < -0.4 is 0 Å². The van der Waals surface area contributed by atoms with Crippen molar-refractivity contribution in [3.05, 3.63) is 85.1 Å². The Hall–Kier alpha value is -3.39. The molecule has 0 bridgehead atoms. The molecule has 3 aromatic carbocycles. The first-order chi connectivity index (χ1) is 12.4. The average molecular weight is 318 g/mol. The van der Waals surface area contributed by atoms with Crippen LogP contribution in [0.2, 0.25) is 0 Å². The van der Waals surface area contributed by atoms with Gasteiger partial charge >= 0.3 is 0 Å². The molecule has 2 nitrogen and oxygen atoms in total. The van der Waals surface area contributed by atoms with Crippen LogP contribution in [0.15, 0.2) is 85.1 Å². The summed E-state index contributed by atoms with van der Waals surface area (Å²) in [5, 5.41) is 6.29. The Kier molecular flexibility index (Phi) is 2.37. The van der Waals surface area contributed by atoms with Gasteiger partial charge in [0.15, 0.2) is 0 Å². The standard InChI is InChI=1S/C23H14N2/c1-3-8-17-15(6-1)11-12-18-22(17)21-14-16-7-2-4-9-19(16)25(21)20-10-5-13-24-23(18)20/h1-14H. The van der Waals surface area contributed by atoms with E-state index in [0.717, 1.165) is 11.0 Å². The molecule has 0 spiro atoms. The van der Waals surface area contributed by atoms with Gasteiger partial charge in [-0.1, -0.05) is 54.6 Å². The fourth-order valence-electron chi connectivity index (χ4n) is 4.13. The number of fused-ring (bicyclic) bond motifs is 10. The Balaban J connectivity index is 2.08. The lowest BCUT2D eigenvalue weighted by atomic mass is 10.0. The van der Waals surface area contributed by atoms with Crippen LogP contribution in [0.4, 0.5) is 0 Å². The summed E-state index contributed by atoms with van der Waals surface area (Å²) in [6.07, 6.45) is 1.88. The maximum Gasteiger partial charge on any atom is 0.0949 e. The van der Waals surface area contributed by atoms with E-state index in [9.17, 15) is 0 Å². The smallest absolute Gasteiger partial charge is 0.0949 e. The lowest BCUT2D eigenvalue weighted by Gasteiger charge is -2.11. The normalized spacial score (nSPS) is 12.0. The molecule has 0 amide bonds. The molecule has 0 fully saturated rings. The molecule has 0 atom stereocenters. The van der Waals surface area contributed by atoms with E-state index in [1.54, 1.807) is 0 Å². The summed E-state index contributed by atoms with van der Waals surface area (Å²) in [6.45, 7) is 0. The van der Waals surface area contributed by atoms with Crippen LogP contribution in [0.5, 0.6) is 0 Å². The summed E-state index contributed by atoms with van der Waals surface area (Å²) in [5.41, 5.74) is 4.68. The SMILES string of the molecule is c1ccc2c(c1)ccc1c3ncccc3n3c4ccccc4cc3c21. The van der Waals surface area contributed by atoms with E-state index < -0.39 is 0 Å². The first-order valence-electron chi connectivity index (χ1n) is 8.50. The molecule has 0 aliphatic rings. The molecule has 3 aromatic heterocycles. The second-order valence-electron chi connectivity index (χ2n) is 6.50. The second kappa shape index (κ2) is 4.58. The van der Waals surface area contributed by atoms with E-state index in [-0.39, 0.29) is 0 Å². The van der Waals surface area contributed by atoms with Gasteiger partial charge in [0.25, 0.3) is 0 Å². The highest BCUT2D eigenvalue weighted by molar-refractivity contribution is 6.23. The van der Waals surface area contributed by atoms with Crippen molar-refractivity contribution in [1.29, 1.82) is 0 Å². The topological polar surface area (TPSA) is 17.3 Å². The third kappa shape index (κ3) is 1.61. The molecule has 6 rings (SSSR count). The Morgan fingerprint density at radius 2 is 1.40 bits per heavy atom. The van der Waals surface area contributed by atoms with Gasteiger partial charge < -0.3 is 4.40 Å². The Labute approximate surface area is 143 Å². The summed E-state index contributed by atoms with van der Waals surface area (Å²) in [5.74, 6) is 0. The van der Waals surface area contributed by atoms with E-state index in [4.69, 9.17) is 4.98 Å². The third-order valence-electron chi connectivity index (χ3n) is 5.18. The van der Waals surface area contributed by atoms with Crippen molar-refractivity contribution in [3.8, 4) is 0 Å². The highest BCUT2D eigenvalue weighted by Crippen LogP contribution is 2.36. The highest BCUT2D eigenvalue weighted by Gasteiger charge is 2.14. The van der Waals surface area contributed by atoms with Crippen molar-refractivity contribution >= 4 is 49.0 Å². The molecule has 0 saturated heterocycles. The Morgan fingerprint density at radius 3 is 2.36 bits per heavy atom. The van der Waals surface area contributed by atoms with Crippen molar-refractivity contribution in [1.82, 2.24) is 9.38 Å². The number of pyridine rings is 2. The van der Waals surface area contributed by atoms with Gasteiger partial charge in [-0.3, -0.25) is 4.98 Å². The van der Waals surface area contributed by atoms with Gasteiger partial charge in [0.05, 0.1) is 22.1 Å². The molecule has 3 heterocycles. The third-order valence-corrected chi connectivity index (χ3v) is 5.18. The van der Waals surface area contributed by atoms with Crippen LogP contribution in [0, 0.1) is 0 Å². The van der Waals surface area contributed by atoms with E-state index >= 15 is 0 Å². The average Bonchev–Trinajstić information content (AvgIpc) is 3.07. The van der Waals surface area contributed by atoms with E-state index in [1.165, 1.54) is 38.0 Å². The van der Waals surface area contributed by atoms with E-state index in [2.05, 4.69) is 77.2 Å². The molecular weight excluding hydrogens is 304 g/mol. The first kappa shape index (κ1) is 13.0. The molecule has 0 aliphatic carbocycles. The molecule has 25 heavy (non-hydrogen) atoms. The molecule has 0 unspecified atom stereocenters. The Morgan fingerprint density at radius 1 is 0.600 bits per heavy atom. The van der Waals surface area contributed by atoms with Crippen molar-refractivity contribution in [3.63, 3.8) is 0 Å². The predicted molar refractivity (Wildman–Crippen MR) is 105 cm³/mol. The van der Waals surface area contributed by atoms with Gasteiger partial charge in [-0.15, -0.1) is 0 Å². The zero-order chi connectivity index (χ0) is 16.4. The van der Waals surface area contributed by atoms with Gasteiger partial charge in [0.1, 0.15) is 0 Å². The van der Waals surface area contributed by atoms with Crippen LogP contribution in [0.25, 0.3) is 49.0 Å². The summed E-state index contributed by atoms with van der Waals surface area (Å²) < 4.78 is 2.35. The number of hydrogen-bond donors (Lipinski definition) is 0. The number of nitrogens with zero attached hydrogens (tertiary/aromatic N) is 2. The number of para-hydroxylation sites is 1. The molecular formula is C23H14N2. The molecule has 0 saturated carbocycles. The number of hydrogen-bond acceptors (Lipinski definition) is 1. The lowest BCUT2D eigenvalue weighted by Crippen LogP contribution is -1.93. The second-order valence-corrected chi connectivity index (χ2v) is 6.50. The van der Waals surface area contributed by atoms with Crippen LogP contribution in [-0.4, -0.2) is 9.38 Å². The van der Waals surface area contributed by atoms with Crippen molar-refractivity contribution < 1.29 is 0 Å². The molecule has 6 aromatic rings. The van der Waals surface area contributed by atoms with Crippen LogP contribution in [-0.2, 0) is 0 Å². The largest absolute Gasteiger partial charge is 0.307 e. The number of rotatable bonds is 0. The maximum atomic E-state index is 4.73. The van der Waals surface area contributed by atoms with Gasteiger partial charge in [0, 0.05) is 22.4 Å². The monoisotopic (exact) mass is 318 g/mol. The van der Waals surface area contributed by atoms with E-state index in [0.29, 0.717) is 0 Å².